The Morgan fingerprint density at radius 3 is 1.00 bits per heavy atom. The van der Waals surface area contributed by atoms with Crippen LogP contribution >= 0.6 is 0 Å². The minimum atomic E-state index is -1.23. The second kappa shape index (κ2) is 11.1. The first kappa shape index (κ1) is 23.3. The van der Waals surface area contributed by atoms with Gasteiger partial charge in [0, 0.05) is 0 Å². The first-order chi connectivity index (χ1) is 8.25. The third-order valence-electron chi connectivity index (χ3n) is 1.08. The van der Waals surface area contributed by atoms with Crippen LogP contribution in [0.1, 0.15) is 41.5 Å². The fraction of sp³-hybridized carbons (Fsp3) is 0.571. The van der Waals surface area contributed by atoms with Gasteiger partial charge in [0.1, 0.15) is 0 Å². The van der Waals surface area contributed by atoms with E-state index in [1.165, 1.54) is 0 Å². The van der Waals surface area contributed by atoms with Crippen molar-refractivity contribution in [3.8, 4) is 0 Å². The third kappa shape index (κ3) is 46.9. The molecule has 0 saturated heterocycles. The van der Waals surface area contributed by atoms with E-state index in [9.17, 15) is 0 Å². The molecule has 0 bridgehead atoms. The average Bonchev–Trinajstić information content (AvgIpc) is 2.13. The van der Waals surface area contributed by atoms with Crippen molar-refractivity contribution < 1.29 is 19.8 Å². The Morgan fingerprint density at radius 1 is 0.842 bits per heavy atom. The molecule has 0 aromatic heterocycles. The van der Waals surface area contributed by atoms with Crippen LogP contribution < -0.4 is 10.2 Å². The molecular formula is C14H24O4Sn. The van der Waals surface area contributed by atoms with Gasteiger partial charge in [0.05, 0.1) is 11.9 Å². The van der Waals surface area contributed by atoms with E-state index in [0.717, 1.165) is 12.2 Å². The summed E-state index contributed by atoms with van der Waals surface area (Å²) in [6.45, 7) is 20.0. The van der Waals surface area contributed by atoms with Crippen LogP contribution in [0.5, 0.6) is 0 Å². The zero-order chi connectivity index (χ0) is 16.3. The molecule has 0 saturated carbocycles. The number of carboxylic acid groups (broad SMARTS) is 2. The molecule has 0 aliphatic heterocycles. The molecule has 0 radical (unpaired) electrons. The molecule has 0 fully saturated rings. The minimum absolute atomic E-state index is 0.182. The van der Waals surface area contributed by atoms with Crippen LogP contribution in [-0.4, -0.2) is 33.1 Å². The number of hydrogen-bond acceptors (Lipinski definition) is 4. The van der Waals surface area contributed by atoms with E-state index in [2.05, 4.69) is 54.7 Å². The second-order valence-electron chi connectivity index (χ2n) is 5.67. The Balaban J connectivity index is -0.000000219. The van der Waals surface area contributed by atoms with E-state index in [1.54, 1.807) is 0 Å². The van der Waals surface area contributed by atoms with Crippen molar-refractivity contribution in [2.45, 2.75) is 48.4 Å². The molecule has 0 aromatic carbocycles. The van der Waals surface area contributed by atoms with Gasteiger partial charge in [0.25, 0.3) is 0 Å². The number of carbonyl (C=O) groups excluding carboxylic acids is 2. The zero-order valence-corrected chi connectivity index (χ0v) is 15.6. The van der Waals surface area contributed by atoms with Crippen molar-refractivity contribution in [1.29, 1.82) is 0 Å². The fourth-order valence-corrected chi connectivity index (χ4v) is 7.55. The Kier molecular flexibility index (Phi) is 13.6. The Bertz CT molecular complexity index is 266. The van der Waals surface area contributed by atoms with Crippen LogP contribution in [0.2, 0.25) is 6.86 Å². The van der Waals surface area contributed by atoms with E-state index in [-0.39, 0.29) is 21.1 Å². The predicted octanol–water partition coefficient (Wildman–Crippen LogP) is 0.972. The van der Waals surface area contributed by atoms with Gasteiger partial charge in [-0.05, 0) is 12.2 Å². The second-order valence-corrected chi connectivity index (χ2v) is 14.9. The molecule has 0 aliphatic rings. The van der Waals surface area contributed by atoms with Crippen LogP contribution in [0.25, 0.3) is 0 Å². The van der Waals surface area contributed by atoms with Crippen LogP contribution in [-0.2, 0) is 9.59 Å². The maximum absolute atomic E-state index is 9.14. The van der Waals surface area contributed by atoms with Crippen molar-refractivity contribution in [2.24, 2.45) is 0 Å². The van der Waals surface area contributed by atoms with Gasteiger partial charge in [-0.15, -0.1) is 0 Å². The van der Waals surface area contributed by atoms with E-state index < -0.39 is 11.9 Å². The Morgan fingerprint density at radius 2 is 1.00 bits per heavy atom. The van der Waals surface area contributed by atoms with Gasteiger partial charge in [-0.1, -0.05) is 13.2 Å². The molecule has 19 heavy (non-hydrogen) atoms. The summed E-state index contributed by atoms with van der Waals surface area (Å²) >= 11 is -0.182. The molecule has 5 heteroatoms. The van der Waals surface area contributed by atoms with E-state index in [4.69, 9.17) is 19.8 Å². The predicted molar refractivity (Wildman–Crippen MR) is 75.6 cm³/mol. The number of hydrogen-bond donors (Lipinski definition) is 0. The van der Waals surface area contributed by atoms with Crippen LogP contribution in [0.3, 0.4) is 0 Å². The third-order valence-corrected chi connectivity index (χ3v) is 5.36. The maximum atomic E-state index is 9.14. The Labute approximate surface area is 126 Å². The van der Waals surface area contributed by atoms with E-state index >= 15 is 0 Å². The van der Waals surface area contributed by atoms with Gasteiger partial charge in [-0.2, -0.15) is 0 Å². The van der Waals surface area contributed by atoms with Gasteiger partial charge < -0.3 is 19.8 Å². The summed E-state index contributed by atoms with van der Waals surface area (Å²) in [6.07, 6.45) is 1.44. The molecule has 0 amide bonds. The van der Waals surface area contributed by atoms with Gasteiger partial charge >= 0.3 is 69.5 Å². The normalized spacial score (nSPS) is 9.58. The fourth-order valence-electron chi connectivity index (χ4n) is 1.12. The molecule has 0 N–H and O–H groups in total. The van der Waals surface area contributed by atoms with Crippen LogP contribution in [0.4, 0.5) is 0 Å². The van der Waals surface area contributed by atoms with Crippen LogP contribution in [0, 0.1) is 0 Å². The molecule has 108 valence electrons. The molecule has 0 atom stereocenters. The first-order valence-electron chi connectivity index (χ1n) is 5.71. The average molecular weight is 375 g/mol. The molecule has 0 heterocycles. The summed E-state index contributed by atoms with van der Waals surface area (Å²) in [4.78, 5) is 18.3. The van der Waals surface area contributed by atoms with Crippen molar-refractivity contribution in [1.82, 2.24) is 0 Å². The summed E-state index contributed by atoms with van der Waals surface area (Å²) in [7, 11) is 0. The van der Waals surface area contributed by atoms with Gasteiger partial charge in [-0.25, -0.2) is 0 Å². The first-order valence-corrected chi connectivity index (χ1v) is 8.56. The van der Waals surface area contributed by atoms with Crippen molar-refractivity contribution >= 4 is 33.1 Å². The zero-order valence-electron chi connectivity index (χ0n) is 12.7. The Hall–Kier alpha value is -0.781. The van der Waals surface area contributed by atoms with Gasteiger partial charge in [0.15, 0.2) is 0 Å². The number of aliphatic carboxylic acids is 2. The molecule has 0 aliphatic carbocycles. The SMILES string of the molecule is C=CC(=O)[O-].C=CC(=O)[O-].C[C](C)(C)[Sn+2][C](C)(C)C. The van der Waals surface area contributed by atoms with Crippen LogP contribution in [0.15, 0.2) is 25.3 Å². The molecule has 0 unspecified atom stereocenters. The summed E-state index contributed by atoms with van der Waals surface area (Å²) in [5.41, 5.74) is 0. The van der Waals surface area contributed by atoms with Gasteiger partial charge in [0.2, 0.25) is 0 Å². The van der Waals surface area contributed by atoms with Crippen molar-refractivity contribution in [3.05, 3.63) is 25.3 Å². The van der Waals surface area contributed by atoms with Gasteiger partial charge in [-0.3, -0.25) is 0 Å². The molecule has 4 nitrogen and oxygen atoms in total. The topological polar surface area (TPSA) is 80.3 Å². The number of carbonyl (C=O) groups is 2. The van der Waals surface area contributed by atoms with E-state index in [1.807, 2.05) is 0 Å². The van der Waals surface area contributed by atoms with Crippen molar-refractivity contribution in [2.75, 3.05) is 0 Å². The molecule has 0 aromatic rings. The summed E-state index contributed by atoms with van der Waals surface area (Å²) in [6, 6.07) is 0. The summed E-state index contributed by atoms with van der Waals surface area (Å²) < 4.78 is 1.31. The molecule has 0 rings (SSSR count). The summed E-state index contributed by atoms with van der Waals surface area (Å²) in [5, 5.41) is 18.3. The monoisotopic (exact) mass is 376 g/mol. The number of carboxylic acids is 2. The molecule has 0 spiro atoms. The quantitative estimate of drug-likeness (QED) is 0.532. The molecular weight excluding hydrogens is 351 g/mol. The summed E-state index contributed by atoms with van der Waals surface area (Å²) in [5.74, 6) is -2.46. The van der Waals surface area contributed by atoms with E-state index in [0.29, 0.717) is 6.86 Å². The van der Waals surface area contributed by atoms with Crippen molar-refractivity contribution in [3.63, 3.8) is 0 Å². The number of rotatable bonds is 2. The standard InChI is InChI=1S/2C4H9.2C3H4O2.Sn/c2*1-4(2)3;2*1-2-3(4)5;/h2*1-3H3;2*2H,1H2,(H,4,5);/q;;;;+2/p-2.